The number of aromatic nitrogens is 2. The van der Waals surface area contributed by atoms with Gasteiger partial charge in [0, 0.05) is 18.0 Å². The lowest BCUT2D eigenvalue weighted by Gasteiger charge is -2.15. The van der Waals surface area contributed by atoms with Gasteiger partial charge in [-0.05, 0) is 41.8 Å². The highest BCUT2D eigenvalue weighted by molar-refractivity contribution is 8.14. The molecule has 10 heteroatoms. The predicted octanol–water partition coefficient (Wildman–Crippen LogP) is 3.47. The number of H-pyrrole nitrogens is 1. The zero-order valence-electron chi connectivity index (χ0n) is 15.9. The molecule has 2 atom stereocenters. The molecule has 2 aromatic carbocycles. The summed E-state index contributed by atoms with van der Waals surface area (Å²) >= 11 is 1.62. The molecular weight excluding hydrogens is 413 g/mol. The molecule has 0 fully saturated rings. The van der Waals surface area contributed by atoms with Crippen LogP contribution in [0.1, 0.15) is 21.9 Å². The number of aliphatic imine (C=N–C) groups is 1. The molecule has 6 nitrogen and oxygen atoms in total. The number of nitrogens with two attached hydrogens (primary N) is 2. The fourth-order valence-electron chi connectivity index (χ4n) is 3.33. The molecule has 4 rings (SSSR count). The van der Waals surface area contributed by atoms with Crippen molar-refractivity contribution in [3.05, 3.63) is 59.2 Å². The lowest BCUT2D eigenvalue weighted by atomic mass is 10.0. The first kappa shape index (κ1) is 20.5. The van der Waals surface area contributed by atoms with Crippen molar-refractivity contribution in [1.29, 1.82) is 0 Å². The Kier molecular flexibility index (Phi) is 5.61. The van der Waals surface area contributed by atoms with E-state index in [1.54, 1.807) is 11.8 Å². The molecular formula is C20H21F3N6S. The van der Waals surface area contributed by atoms with Crippen LogP contribution in [-0.4, -0.2) is 34.5 Å². The van der Waals surface area contributed by atoms with Gasteiger partial charge in [0.25, 0.3) is 0 Å². The Morgan fingerprint density at radius 2 is 1.97 bits per heavy atom. The molecule has 3 aromatic rings. The summed E-state index contributed by atoms with van der Waals surface area (Å²) in [4.78, 5) is 4.53. The third kappa shape index (κ3) is 4.54. The smallest absolute Gasteiger partial charge is 0.382 e. The lowest BCUT2D eigenvalue weighted by molar-refractivity contribution is -0.137. The number of benzene rings is 2. The first-order valence-corrected chi connectivity index (χ1v) is 10.3. The molecule has 0 aliphatic carbocycles. The molecule has 1 aromatic heterocycles. The Balaban J connectivity index is 1.28. The maximum Gasteiger partial charge on any atom is 0.416 e. The molecule has 30 heavy (non-hydrogen) atoms. The number of nitrogens with zero attached hydrogens (tertiary/aromatic N) is 2. The van der Waals surface area contributed by atoms with Crippen molar-refractivity contribution in [3.8, 4) is 0 Å². The van der Waals surface area contributed by atoms with Crippen LogP contribution in [0.2, 0.25) is 0 Å². The largest absolute Gasteiger partial charge is 0.416 e. The molecule has 1 unspecified atom stereocenters. The first-order chi connectivity index (χ1) is 14.3. The van der Waals surface area contributed by atoms with Gasteiger partial charge < -0.3 is 16.8 Å². The van der Waals surface area contributed by atoms with E-state index in [0.29, 0.717) is 25.3 Å². The van der Waals surface area contributed by atoms with Crippen molar-refractivity contribution < 1.29 is 13.2 Å². The highest BCUT2D eigenvalue weighted by Crippen LogP contribution is 2.36. The number of nitrogen functional groups attached to an aromatic ring is 1. The zero-order valence-corrected chi connectivity index (χ0v) is 16.7. The number of alkyl halides is 3. The quantitative estimate of drug-likeness (QED) is 0.492. The van der Waals surface area contributed by atoms with Crippen molar-refractivity contribution >= 4 is 33.7 Å². The minimum Gasteiger partial charge on any atom is -0.382 e. The summed E-state index contributed by atoms with van der Waals surface area (Å²) in [5, 5.41) is 12.1. The van der Waals surface area contributed by atoms with E-state index in [0.717, 1.165) is 39.3 Å². The Labute approximate surface area is 175 Å². The van der Waals surface area contributed by atoms with Gasteiger partial charge in [-0.3, -0.25) is 10.1 Å². The van der Waals surface area contributed by atoms with E-state index in [9.17, 15) is 13.2 Å². The van der Waals surface area contributed by atoms with E-state index in [-0.39, 0.29) is 11.3 Å². The van der Waals surface area contributed by atoms with Gasteiger partial charge in [-0.15, -0.1) is 0 Å². The molecule has 158 valence electrons. The number of aromatic amines is 1. The second kappa shape index (κ2) is 8.19. The number of halogens is 3. The zero-order chi connectivity index (χ0) is 21.3. The number of anilines is 1. The van der Waals surface area contributed by atoms with Gasteiger partial charge in [-0.1, -0.05) is 30.0 Å². The second-order valence-electron chi connectivity index (χ2n) is 7.21. The van der Waals surface area contributed by atoms with Crippen molar-refractivity contribution in [2.24, 2.45) is 10.7 Å². The molecule has 6 N–H and O–H groups in total. The van der Waals surface area contributed by atoms with E-state index >= 15 is 0 Å². The Bertz CT molecular complexity index is 1060. The third-order valence-electron chi connectivity index (χ3n) is 4.94. The maximum atomic E-state index is 12.6. The summed E-state index contributed by atoms with van der Waals surface area (Å²) in [7, 11) is 0. The average molecular weight is 434 g/mol. The van der Waals surface area contributed by atoms with Gasteiger partial charge in [-0.2, -0.15) is 18.3 Å². The van der Waals surface area contributed by atoms with Crippen molar-refractivity contribution in [3.63, 3.8) is 0 Å². The molecule has 0 bridgehead atoms. The van der Waals surface area contributed by atoms with E-state index in [2.05, 4.69) is 20.5 Å². The Morgan fingerprint density at radius 1 is 1.20 bits per heavy atom. The van der Waals surface area contributed by atoms with Crippen molar-refractivity contribution in [2.75, 3.05) is 18.8 Å². The summed E-state index contributed by atoms with van der Waals surface area (Å²) in [5.74, 6) is 0.483. The molecule has 0 saturated heterocycles. The molecule has 2 heterocycles. The number of fused-ring (bicyclic) bond motifs is 1. The minimum absolute atomic E-state index is 0.188. The van der Waals surface area contributed by atoms with Gasteiger partial charge in [0.15, 0.2) is 11.0 Å². The molecule has 0 spiro atoms. The fraction of sp³-hybridized carbons (Fsp3) is 0.300. The monoisotopic (exact) mass is 434 g/mol. The van der Waals surface area contributed by atoms with Crippen LogP contribution in [-0.2, 0) is 12.6 Å². The summed E-state index contributed by atoms with van der Waals surface area (Å²) in [6.45, 7) is 1.13. The van der Waals surface area contributed by atoms with Gasteiger partial charge in [0.05, 0.1) is 22.9 Å². The van der Waals surface area contributed by atoms with Crippen LogP contribution in [0.5, 0.6) is 0 Å². The molecule has 0 saturated carbocycles. The fourth-order valence-corrected chi connectivity index (χ4v) is 4.34. The lowest BCUT2D eigenvalue weighted by Crippen LogP contribution is -2.37. The molecule has 1 aliphatic heterocycles. The van der Waals surface area contributed by atoms with Gasteiger partial charge in [0.2, 0.25) is 0 Å². The van der Waals surface area contributed by atoms with Crippen LogP contribution >= 0.6 is 11.8 Å². The maximum absolute atomic E-state index is 12.6. The highest BCUT2D eigenvalue weighted by atomic mass is 32.2. The molecule has 0 radical (unpaired) electrons. The van der Waals surface area contributed by atoms with Gasteiger partial charge in [-0.25, -0.2) is 0 Å². The minimum atomic E-state index is -4.33. The van der Waals surface area contributed by atoms with E-state index in [4.69, 9.17) is 11.5 Å². The molecule has 0 amide bonds. The van der Waals surface area contributed by atoms with Crippen molar-refractivity contribution in [2.45, 2.75) is 23.9 Å². The molecule has 1 aliphatic rings. The Hall–Kier alpha value is -2.72. The third-order valence-corrected chi connectivity index (χ3v) is 6.14. The number of hydrogen-bond acceptors (Lipinski definition) is 6. The Morgan fingerprint density at radius 3 is 2.70 bits per heavy atom. The topological polar surface area (TPSA) is 105 Å². The number of nitrogens with one attached hydrogen (secondary N) is 2. The first-order valence-electron chi connectivity index (χ1n) is 9.40. The standard InChI is InChI=1S/C20H21F3N6S/c21-20(22,23)13-4-1-11(2-5-13)7-14(24)9-26-19-27-10-17(30-19)12-3-6-15-16(8-12)28-29-18(15)25/h1-6,8,14,17H,7,9-10,24H2,(H,26,27)(H3,25,28,29)/t14-,17?/m0/s1. The number of thioether (sulfide) groups is 1. The van der Waals surface area contributed by atoms with Gasteiger partial charge in [0.1, 0.15) is 0 Å². The van der Waals surface area contributed by atoms with Crippen molar-refractivity contribution in [1.82, 2.24) is 15.5 Å². The van der Waals surface area contributed by atoms with Crippen LogP contribution in [0.3, 0.4) is 0 Å². The summed E-state index contributed by atoms with van der Waals surface area (Å²) < 4.78 is 37.9. The van der Waals surface area contributed by atoms with Crippen LogP contribution in [0.4, 0.5) is 19.0 Å². The number of amidine groups is 1. The summed E-state index contributed by atoms with van der Waals surface area (Å²) in [6, 6.07) is 10.9. The summed E-state index contributed by atoms with van der Waals surface area (Å²) in [5.41, 5.74) is 14.1. The van der Waals surface area contributed by atoms with E-state index < -0.39 is 11.7 Å². The van der Waals surface area contributed by atoms with Crippen LogP contribution in [0.15, 0.2) is 47.5 Å². The van der Waals surface area contributed by atoms with E-state index in [1.165, 1.54) is 12.1 Å². The number of hydrogen-bond donors (Lipinski definition) is 4. The second-order valence-corrected chi connectivity index (χ2v) is 8.40. The SMILES string of the molecule is Nc1n[nH]c2cc(C3CN=C(NC[C@@H](N)Cc4ccc(C(F)(F)F)cc4)S3)ccc12. The van der Waals surface area contributed by atoms with Crippen LogP contribution < -0.4 is 16.8 Å². The van der Waals surface area contributed by atoms with Gasteiger partial charge >= 0.3 is 6.18 Å². The summed E-state index contributed by atoms with van der Waals surface area (Å²) in [6.07, 6.45) is -3.85. The predicted molar refractivity (Wildman–Crippen MR) is 114 cm³/mol. The highest BCUT2D eigenvalue weighted by Gasteiger charge is 2.30. The van der Waals surface area contributed by atoms with Crippen LogP contribution in [0, 0.1) is 0 Å². The number of rotatable bonds is 5. The van der Waals surface area contributed by atoms with Crippen LogP contribution in [0.25, 0.3) is 10.9 Å². The average Bonchev–Trinajstić information content (AvgIpc) is 3.33. The van der Waals surface area contributed by atoms with E-state index in [1.807, 2.05) is 18.2 Å². The normalized spacial score (nSPS) is 17.9.